The number of nitrogens with one attached hydrogen (secondary N) is 1. The molecule has 2 aromatic heterocycles. The van der Waals surface area contributed by atoms with Crippen LogP contribution in [0.2, 0.25) is 0 Å². The molecule has 2 aromatic rings. The van der Waals surface area contributed by atoms with E-state index < -0.39 is 9.84 Å². The van der Waals surface area contributed by atoms with Crippen LogP contribution in [0.4, 0.5) is 11.9 Å². The Morgan fingerprint density at radius 1 is 1.24 bits per heavy atom. The Morgan fingerprint density at radius 3 is 2.67 bits per heavy atom. The van der Waals surface area contributed by atoms with E-state index in [4.69, 9.17) is 5.73 Å². The van der Waals surface area contributed by atoms with Gasteiger partial charge in [0.05, 0.1) is 11.5 Å². The largest absolute Gasteiger partial charge is 0.368 e. The van der Waals surface area contributed by atoms with Gasteiger partial charge >= 0.3 is 0 Å². The fourth-order valence-corrected chi connectivity index (χ4v) is 3.64. The predicted octanol–water partition coefficient (Wildman–Crippen LogP) is -0.371. The second-order valence-electron chi connectivity index (χ2n) is 4.84. The number of aromatic nitrogens is 5. The summed E-state index contributed by atoms with van der Waals surface area (Å²) in [4.78, 5) is 12.3. The standard InChI is InChI=1S/C11H15N7O2S/c12-9-15-10(14-8-2-6-21(19,20)7-3-8)17-11(16-9)18-5-1-4-13-18/h1,4-5,8H,2-3,6-7H2,(H3,12,14,15,16,17). The number of hydrogen-bond donors (Lipinski definition) is 2. The highest BCUT2D eigenvalue weighted by Gasteiger charge is 2.24. The summed E-state index contributed by atoms with van der Waals surface area (Å²) in [6, 6.07) is 1.76. The van der Waals surface area contributed by atoms with Gasteiger partial charge in [-0.1, -0.05) is 0 Å². The lowest BCUT2D eigenvalue weighted by Crippen LogP contribution is -2.33. The van der Waals surface area contributed by atoms with E-state index >= 15 is 0 Å². The van der Waals surface area contributed by atoms with E-state index in [1.807, 2.05) is 0 Å². The van der Waals surface area contributed by atoms with Gasteiger partial charge in [0.2, 0.25) is 11.9 Å². The van der Waals surface area contributed by atoms with Gasteiger partial charge in [0, 0.05) is 18.4 Å². The summed E-state index contributed by atoms with van der Waals surface area (Å²) in [7, 11) is -2.89. The maximum atomic E-state index is 11.4. The zero-order valence-corrected chi connectivity index (χ0v) is 12.0. The summed E-state index contributed by atoms with van der Waals surface area (Å²) in [6.45, 7) is 0. The molecule has 0 bridgehead atoms. The van der Waals surface area contributed by atoms with E-state index in [-0.39, 0.29) is 23.5 Å². The van der Waals surface area contributed by atoms with Crippen molar-refractivity contribution >= 4 is 21.7 Å². The summed E-state index contributed by atoms with van der Waals surface area (Å²) in [5.41, 5.74) is 5.67. The van der Waals surface area contributed by atoms with Crippen molar-refractivity contribution in [2.75, 3.05) is 22.6 Å². The van der Waals surface area contributed by atoms with Crippen LogP contribution in [0.3, 0.4) is 0 Å². The molecule has 1 aliphatic rings. The molecule has 1 aliphatic heterocycles. The first-order valence-corrected chi connectivity index (χ1v) is 8.32. The molecular weight excluding hydrogens is 294 g/mol. The maximum absolute atomic E-state index is 11.4. The molecule has 0 spiro atoms. The van der Waals surface area contributed by atoms with Gasteiger partial charge < -0.3 is 11.1 Å². The highest BCUT2D eigenvalue weighted by Crippen LogP contribution is 2.16. The number of nitrogens with two attached hydrogens (primary N) is 1. The third-order valence-corrected chi connectivity index (χ3v) is 4.95. The molecule has 9 nitrogen and oxygen atoms in total. The van der Waals surface area contributed by atoms with Crippen LogP contribution < -0.4 is 11.1 Å². The molecule has 112 valence electrons. The van der Waals surface area contributed by atoms with Crippen molar-refractivity contribution in [3.05, 3.63) is 18.5 Å². The van der Waals surface area contributed by atoms with Crippen LogP contribution in [-0.2, 0) is 9.84 Å². The Bertz CT molecular complexity index is 715. The van der Waals surface area contributed by atoms with Gasteiger partial charge in [0.25, 0.3) is 5.95 Å². The number of nitrogens with zero attached hydrogens (tertiary/aromatic N) is 5. The minimum atomic E-state index is -2.89. The van der Waals surface area contributed by atoms with Crippen LogP contribution in [0.1, 0.15) is 12.8 Å². The van der Waals surface area contributed by atoms with E-state index in [2.05, 4.69) is 25.4 Å². The average Bonchev–Trinajstić information content (AvgIpc) is 2.95. The molecule has 21 heavy (non-hydrogen) atoms. The molecule has 0 aromatic carbocycles. The molecule has 0 aliphatic carbocycles. The topological polar surface area (TPSA) is 129 Å². The summed E-state index contributed by atoms with van der Waals surface area (Å²) < 4.78 is 24.3. The van der Waals surface area contributed by atoms with Crippen LogP contribution >= 0.6 is 0 Å². The Balaban J connectivity index is 1.77. The van der Waals surface area contributed by atoms with Crippen molar-refractivity contribution < 1.29 is 8.42 Å². The number of hydrogen-bond acceptors (Lipinski definition) is 8. The summed E-state index contributed by atoms with van der Waals surface area (Å²) in [5, 5.41) is 7.15. The summed E-state index contributed by atoms with van der Waals surface area (Å²) >= 11 is 0. The second kappa shape index (κ2) is 5.28. The summed E-state index contributed by atoms with van der Waals surface area (Å²) in [5.74, 6) is 1.09. The van der Waals surface area contributed by atoms with Crippen LogP contribution in [0.15, 0.2) is 18.5 Å². The van der Waals surface area contributed by atoms with Crippen molar-refractivity contribution in [2.24, 2.45) is 0 Å². The second-order valence-corrected chi connectivity index (χ2v) is 7.14. The van der Waals surface area contributed by atoms with Crippen LogP contribution in [0, 0.1) is 0 Å². The highest BCUT2D eigenvalue weighted by atomic mass is 32.2. The first kappa shape index (κ1) is 13.7. The van der Waals surface area contributed by atoms with E-state index in [1.165, 1.54) is 4.68 Å². The zero-order valence-electron chi connectivity index (χ0n) is 11.2. The van der Waals surface area contributed by atoms with Crippen LogP contribution in [0.25, 0.3) is 5.95 Å². The SMILES string of the molecule is Nc1nc(NC2CCS(=O)(=O)CC2)nc(-n2cccn2)n1. The molecular formula is C11H15N7O2S. The van der Waals surface area contributed by atoms with Crippen molar-refractivity contribution in [3.63, 3.8) is 0 Å². The van der Waals surface area contributed by atoms with Crippen LogP contribution in [0.5, 0.6) is 0 Å². The van der Waals surface area contributed by atoms with Gasteiger partial charge in [-0.3, -0.25) is 0 Å². The number of sulfone groups is 1. The van der Waals surface area contributed by atoms with E-state index in [1.54, 1.807) is 18.5 Å². The lowest BCUT2D eigenvalue weighted by molar-refractivity contribution is 0.558. The monoisotopic (exact) mass is 309 g/mol. The molecule has 1 saturated heterocycles. The Morgan fingerprint density at radius 2 is 2.00 bits per heavy atom. The quantitative estimate of drug-likeness (QED) is 0.785. The van der Waals surface area contributed by atoms with E-state index in [0.717, 1.165) is 0 Å². The maximum Gasteiger partial charge on any atom is 0.257 e. The molecule has 0 unspecified atom stereocenters. The first-order valence-electron chi connectivity index (χ1n) is 6.50. The lowest BCUT2D eigenvalue weighted by atomic mass is 10.2. The van der Waals surface area contributed by atoms with Crippen molar-refractivity contribution in [1.29, 1.82) is 0 Å². The molecule has 0 atom stereocenters. The smallest absolute Gasteiger partial charge is 0.257 e. The fraction of sp³-hybridized carbons (Fsp3) is 0.455. The van der Waals surface area contributed by atoms with Crippen molar-refractivity contribution in [1.82, 2.24) is 24.7 Å². The normalized spacial score (nSPS) is 18.5. The van der Waals surface area contributed by atoms with Gasteiger partial charge in [-0.2, -0.15) is 20.1 Å². The molecule has 3 N–H and O–H groups in total. The Hall–Kier alpha value is -2.23. The van der Waals surface area contributed by atoms with Gasteiger partial charge in [-0.05, 0) is 18.9 Å². The molecule has 1 fully saturated rings. The minimum Gasteiger partial charge on any atom is -0.368 e. The van der Waals surface area contributed by atoms with Crippen molar-refractivity contribution in [2.45, 2.75) is 18.9 Å². The van der Waals surface area contributed by atoms with Crippen molar-refractivity contribution in [3.8, 4) is 5.95 Å². The Kier molecular flexibility index (Phi) is 3.45. The Labute approximate surface area is 121 Å². The minimum absolute atomic E-state index is 0.0146. The summed E-state index contributed by atoms with van der Waals surface area (Å²) in [6.07, 6.45) is 4.38. The molecule has 3 heterocycles. The molecule has 0 amide bonds. The third-order valence-electron chi connectivity index (χ3n) is 3.24. The molecule has 0 saturated carbocycles. The fourth-order valence-electron chi connectivity index (χ4n) is 2.15. The van der Waals surface area contributed by atoms with E-state index in [9.17, 15) is 8.42 Å². The van der Waals surface area contributed by atoms with E-state index in [0.29, 0.717) is 24.7 Å². The molecule has 3 rings (SSSR count). The number of rotatable bonds is 3. The number of anilines is 2. The average molecular weight is 309 g/mol. The molecule has 0 radical (unpaired) electrons. The zero-order chi connectivity index (χ0) is 14.9. The van der Waals surface area contributed by atoms with Gasteiger partial charge in [-0.15, -0.1) is 0 Å². The van der Waals surface area contributed by atoms with Gasteiger partial charge in [-0.25, -0.2) is 13.1 Å². The van der Waals surface area contributed by atoms with Gasteiger partial charge in [0.1, 0.15) is 9.84 Å². The lowest BCUT2D eigenvalue weighted by Gasteiger charge is -2.23. The van der Waals surface area contributed by atoms with Gasteiger partial charge in [0.15, 0.2) is 0 Å². The molecule has 10 heteroatoms. The highest BCUT2D eigenvalue weighted by molar-refractivity contribution is 7.91. The first-order chi connectivity index (χ1) is 10.0. The predicted molar refractivity (Wildman–Crippen MR) is 76.7 cm³/mol. The van der Waals surface area contributed by atoms with Crippen LogP contribution in [-0.4, -0.2) is 50.7 Å². The number of nitrogen functional groups attached to an aromatic ring is 1. The third kappa shape index (κ3) is 3.27.